The summed E-state index contributed by atoms with van der Waals surface area (Å²) in [7, 11) is 0. The Balaban J connectivity index is 3.14. The minimum absolute atomic E-state index is 0.554. The number of hydrogen-bond donors (Lipinski definition) is 3. The van der Waals surface area contributed by atoms with Crippen LogP contribution in [0.2, 0.25) is 0 Å². The average molecular weight is 175 g/mol. The van der Waals surface area contributed by atoms with Crippen molar-refractivity contribution in [2.24, 2.45) is 0 Å². The first-order chi connectivity index (χ1) is 5.66. The van der Waals surface area contributed by atoms with Crippen LogP contribution in [0.25, 0.3) is 0 Å². The summed E-state index contributed by atoms with van der Waals surface area (Å²) in [5.74, 6) is 0. The summed E-state index contributed by atoms with van der Waals surface area (Å²) >= 11 is 0. The lowest BCUT2D eigenvalue weighted by atomic mass is 10.1. The lowest BCUT2D eigenvalue weighted by molar-refractivity contribution is 0.0459. The number of rotatable bonds is 7. The molecule has 12 heavy (non-hydrogen) atoms. The Morgan fingerprint density at radius 1 is 1.17 bits per heavy atom. The Labute approximate surface area is 74.8 Å². The van der Waals surface area contributed by atoms with E-state index >= 15 is 0 Å². The largest absolute Gasteiger partial charge is 0.379 e. The van der Waals surface area contributed by atoms with Gasteiger partial charge in [-0.2, -0.15) is 0 Å². The second-order valence-corrected chi connectivity index (χ2v) is 3.21. The first kappa shape index (κ1) is 11.9. The molecule has 0 aromatic heterocycles. The second-order valence-electron chi connectivity index (χ2n) is 3.21. The fourth-order valence-corrected chi connectivity index (χ4v) is 1.13. The van der Waals surface area contributed by atoms with Crippen LogP contribution in [0.1, 0.15) is 46.0 Å². The van der Waals surface area contributed by atoms with Gasteiger partial charge in [0, 0.05) is 0 Å². The van der Waals surface area contributed by atoms with Gasteiger partial charge in [-0.1, -0.05) is 26.2 Å². The van der Waals surface area contributed by atoms with E-state index in [0.717, 1.165) is 19.3 Å². The van der Waals surface area contributed by atoms with E-state index in [-0.39, 0.29) is 0 Å². The highest BCUT2D eigenvalue weighted by Crippen LogP contribution is 2.04. The molecule has 74 valence electrons. The molecular formula is C9H21NO2. The molecule has 0 saturated heterocycles. The molecule has 2 unspecified atom stereocenters. The standard InChI is InChI=1S/C9H21NO2/c1-3-4-5-6-7-9(12)10-8(2)11/h8-12H,3-7H2,1-2H3. The smallest absolute Gasteiger partial charge is 0.106 e. The van der Waals surface area contributed by atoms with Gasteiger partial charge in [0.15, 0.2) is 0 Å². The van der Waals surface area contributed by atoms with Crippen molar-refractivity contribution in [1.82, 2.24) is 5.32 Å². The van der Waals surface area contributed by atoms with Crippen LogP contribution in [-0.2, 0) is 0 Å². The fraction of sp³-hybridized carbons (Fsp3) is 1.00. The highest BCUT2D eigenvalue weighted by molar-refractivity contribution is 4.54. The van der Waals surface area contributed by atoms with Crippen LogP contribution in [0, 0.1) is 0 Å². The molecule has 0 radical (unpaired) electrons. The summed E-state index contributed by atoms with van der Waals surface area (Å²) in [5.41, 5.74) is 0. The van der Waals surface area contributed by atoms with E-state index in [9.17, 15) is 5.11 Å². The summed E-state index contributed by atoms with van der Waals surface area (Å²) in [6.45, 7) is 3.76. The fourth-order valence-electron chi connectivity index (χ4n) is 1.13. The van der Waals surface area contributed by atoms with Gasteiger partial charge in [0.2, 0.25) is 0 Å². The Morgan fingerprint density at radius 3 is 2.33 bits per heavy atom. The topological polar surface area (TPSA) is 52.5 Å². The molecule has 0 aliphatic heterocycles. The van der Waals surface area contributed by atoms with Crippen molar-refractivity contribution in [2.75, 3.05) is 0 Å². The maximum Gasteiger partial charge on any atom is 0.106 e. The van der Waals surface area contributed by atoms with E-state index in [0.29, 0.717) is 0 Å². The summed E-state index contributed by atoms with van der Waals surface area (Å²) in [6, 6.07) is 0. The molecule has 0 spiro atoms. The Morgan fingerprint density at radius 2 is 1.83 bits per heavy atom. The summed E-state index contributed by atoms with van der Waals surface area (Å²) in [6.07, 6.45) is 4.17. The zero-order valence-corrected chi connectivity index (χ0v) is 8.08. The summed E-state index contributed by atoms with van der Waals surface area (Å²) < 4.78 is 0. The Kier molecular flexibility index (Phi) is 7.45. The molecule has 3 heteroatoms. The van der Waals surface area contributed by atoms with Crippen LogP contribution in [-0.4, -0.2) is 22.7 Å². The van der Waals surface area contributed by atoms with Crippen molar-refractivity contribution in [3.05, 3.63) is 0 Å². The highest BCUT2D eigenvalue weighted by atomic mass is 16.3. The molecule has 0 rings (SSSR count). The molecule has 3 nitrogen and oxygen atoms in total. The number of hydrogen-bond acceptors (Lipinski definition) is 3. The van der Waals surface area contributed by atoms with Crippen LogP contribution in [0.4, 0.5) is 0 Å². The summed E-state index contributed by atoms with van der Waals surface area (Å²) in [5, 5.41) is 20.7. The van der Waals surface area contributed by atoms with Gasteiger partial charge in [-0.15, -0.1) is 0 Å². The minimum Gasteiger partial charge on any atom is -0.379 e. The molecule has 0 aliphatic carbocycles. The molecule has 0 aliphatic rings. The van der Waals surface area contributed by atoms with Gasteiger partial charge in [0.25, 0.3) is 0 Å². The normalized spacial score (nSPS) is 16.0. The first-order valence-corrected chi connectivity index (χ1v) is 4.79. The molecule has 0 aromatic rings. The van der Waals surface area contributed by atoms with Crippen molar-refractivity contribution >= 4 is 0 Å². The highest BCUT2D eigenvalue weighted by Gasteiger charge is 2.04. The molecule has 0 aromatic carbocycles. The van der Waals surface area contributed by atoms with Gasteiger partial charge in [0.1, 0.15) is 12.5 Å². The van der Waals surface area contributed by atoms with Gasteiger partial charge in [0.05, 0.1) is 0 Å². The van der Waals surface area contributed by atoms with Gasteiger partial charge < -0.3 is 10.2 Å². The van der Waals surface area contributed by atoms with Crippen molar-refractivity contribution in [1.29, 1.82) is 0 Å². The Hall–Kier alpha value is -0.120. The molecular weight excluding hydrogens is 154 g/mol. The molecule has 2 atom stereocenters. The number of aliphatic hydroxyl groups excluding tert-OH is 2. The van der Waals surface area contributed by atoms with Gasteiger partial charge in [-0.3, -0.25) is 5.32 Å². The minimum atomic E-state index is -0.619. The third kappa shape index (κ3) is 7.98. The van der Waals surface area contributed by atoms with Crippen LogP contribution >= 0.6 is 0 Å². The monoisotopic (exact) mass is 175 g/mol. The molecule has 0 fully saturated rings. The van der Waals surface area contributed by atoms with E-state index in [1.54, 1.807) is 6.92 Å². The van der Waals surface area contributed by atoms with Gasteiger partial charge in [-0.25, -0.2) is 0 Å². The zero-order chi connectivity index (χ0) is 9.40. The van der Waals surface area contributed by atoms with Crippen LogP contribution in [0.5, 0.6) is 0 Å². The van der Waals surface area contributed by atoms with Crippen molar-refractivity contribution in [3.8, 4) is 0 Å². The van der Waals surface area contributed by atoms with E-state index in [1.807, 2.05) is 0 Å². The molecule has 3 N–H and O–H groups in total. The third-order valence-corrected chi connectivity index (χ3v) is 1.76. The van der Waals surface area contributed by atoms with Crippen LogP contribution in [0.15, 0.2) is 0 Å². The van der Waals surface area contributed by atoms with Crippen LogP contribution in [0.3, 0.4) is 0 Å². The van der Waals surface area contributed by atoms with Crippen molar-refractivity contribution in [3.63, 3.8) is 0 Å². The lowest BCUT2D eigenvalue weighted by Crippen LogP contribution is -2.35. The average Bonchev–Trinajstić information content (AvgIpc) is 1.97. The number of unbranched alkanes of at least 4 members (excludes halogenated alkanes) is 3. The van der Waals surface area contributed by atoms with E-state index in [1.165, 1.54) is 12.8 Å². The van der Waals surface area contributed by atoms with Crippen LogP contribution < -0.4 is 5.32 Å². The summed E-state index contributed by atoms with van der Waals surface area (Å²) in [4.78, 5) is 0. The third-order valence-electron chi connectivity index (χ3n) is 1.76. The quantitative estimate of drug-likeness (QED) is 0.402. The Bertz CT molecular complexity index is 96.5. The maximum atomic E-state index is 9.25. The predicted octanol–water partition coefficient (Wildman–Crippen LogP) is 1.20. The van der Waals surface area contributed by atoms with E-state index < -0.39 is 12.5 Å². The van der Waals surface area contributed by atoms with E-state index in [4.69, 9.17) is 5.11 Å². The lowest BCUT2D eigenvalue weighted by Gasteiger charge is -2.14. The second kappa shape index (κ2) is 7.53. The maximum absolute atomic E-state index is 9.25. The van der Waals surface area contributed by atoms with Crippen molar-refractivity contribution < 1.29 is 10.2 Å². The molecule has 0 saturated carbocycles. The van der Waals surface area contributed by atoms with Gasteiger partial charge in [-0.05, 0) is 19.8 Å². The number of aliphatic hydroxyl groups is 2. The SMILES string of the molecule is CCCCCCC(O)NC(C)O. The predicted molar refractivity (Wildman–Crippen MR) is 49.6 cm³/mol. The van der Waals surface area contributed by atoms with Crippen molar-refractivity contribution in [2.45, 2.75) is 58.4 Å². The molecule has 0 heterocycles. The molecule has 0 bridgehead atoms. The zero-order valence-electron chi connectivity index (χ0n) is 8.08. The first-order valence-electron chi connectivity index (χ1n) is 4.79. The molecule has 0 amide bonds. The van der Waals surface area contributed by atoms with E-state index in [2.05, 4.69) is 12.2 Å². The number of nitrogens with one attached hydrogen (secondary N) is 1. The van der Waals surface area contributed by atoms with Gasteiger partial charge >= 0.3 is 0 Å².